The van der Waals surface area contributed by atoms with E-state index in [-0.39, 0.29) is 5.91 Å². The van der Waals surface area contributed by atoms with Crippen LogP contribution >= 0.6 is 11.6 Å². The van der Waals surface area contributed by atoms with Gasteiger partial charge in [0.05, 0.1) is 34.8 Å². The second-order valence-electron chi connectivity index (χ2n) is 8.26. The van der Waals surface area contributed by atoms with Crippen molar-refractivity contribution in [1.82, 2.24) is 14.7 Å². The molecule has 1 saturated carbocycles. The third-order valence-electron chi connectivity index (χ3n) is 5.72. The van der Waals surface area contributed by atoms with E-state index in [1.165, 1.54) is 6.26 Å². The van der Waals surface area contributed by atoms with Gasteiger partial charge in [-0.05, 0) is 62.1 Å². The fraction of sp³-hybridized carbons (Fsp3) is 0.231. The van der Waals surface area contributed by atoms with Crippen LogP contribution in [-0.4, -0.2) is 27.1 Å². The molecule has 2 aromatic carbocycles. The third-order valence-corrected chi connectivity index (χ3v) is 6.04. The van der Waals surface area contributed by atoms with Crippen molar-refractivity contribution in [2.45, 2.75) is 26.3 Å². The number of hydrogen-bond acceptors (Lipinski definition) is 4. The van der Waals surface area contributed by atoms with Gasteiger partial charge in [0, 0.05) is 6.54 Å². The molecule has 0 aliphatic heterocycles. The normalized spacial score (nSPS) is 13.2. The summed E-state index contributed by atoms with van der Waals surface area (Å²) in [5, 5.41) is 5.27. The molecule has 0 N–H and O–H groups in total. The summed E-state index contributed by atoms with van der Waals surface area (Å²) in [4.78, 5) is 15.1. The summed E-state index contributed by atoms with van der Waals surface area (Å²) in [5.74, 6) is 1.78. The van der Waals surface area contributed by atoms with Crippen LogP contribution in [0.1, 0.15) is 34.7 Å². The first-order valence-corrected chi connectivity index (χ1v) is 11.4. The molecule has 1 aliphatic rings. The van der Waals surface area contributed by atoms with Crippen LogP contribution in [0.3, 0.4) is 0 Å². The Kier molecular flexibility index (Phi) is 5.92. The van der Waals surface area contributed by atoms with E-state index in [1.807, 2.05) is 60.4 Å². The van der Waals surface area contributed by atoms with Gasteiger partial charge in [-0.2, -0.15) is 5.10 Å². The van der Waals surface area contributed by atoms with Gasteiger partial charge in [0.2, 0.25) is 5.88 Å². The first kappa shape index (κ1) is 21.3. The highest BCUT2D eigenvalue weighted by Crippen LogP contribution is 2.36. The number of benzene rings is 2. The van der Waals surface area contributed by atoms with E-state index < -0.39 is 0 Å². The van der Waals surface area contributed by atoms with Crippen LogP contribution in [0.2, 0.25) is 5.02 Å². The molecule has 1 amide bonds. The van der Waals surface area contributed by atoms with Crippen molar-refractivity contribution in [3.8, 4) is 17.3 Å². The lowest BCUT2D eigenvalue weighted by Crippen LogP contribution is -2.32. The van der Waals surface area contributed by atoms with Gasteiger partial charge >= 0.3 is 0 Å². The van der Waals surface area contributed by atoms with E-state index in [1.54, 1.807) is 22.9 Å². The molecule has 2 heterocycles. The fourth-order valence-corrected chi connectivity index (χ4v) is 3.95. The summed E-state index contributed by atoms with van der Waals surface area (Å²) >= 11 is 6.40. The molecule has 0 atom stereocenters. The molecule has 0 unspecified atom stereocenters. The zero-order valence-corrected chi connectivity index (χ0v) is 19.0. The fourth-order valence-electron chi connectivity index (χ4n) is 3.78. The molecule has 168 valence electrons. The SMILES string of the molecule is Cc1nn(-c2ccccc2)c(Oc2ccccc2Cl)c1CN(CC1CC1)C(=O)c1ccco1. The number of rotatable bonds is 8. The van der Waals surface area contributed by atoms with Crippen molar-refractivity contribution in [2.24, 2.45) is 5.92 Å². The van der Waals surface area contributed by atoms with E-state index in [4.69, 9.17) is 25.9 Å². The second-order valence-corrected chi connectivity index (χ2v) is 8.66. The molecule has 0 bridgehead atoms. The number of hydrogen-bond donors (Lipinski definition) is 0. The summed E-state index contributed by atoms with van der Waals surface area (Å²) < 4.78 is 13.5. The quantitative estimate of drug-likeness (QED) is 0.310. The lowest BCUT2D eigenvalue weighted by molar-refractivity contribution is 0.0701. The number of ether oxygens (including phenoxy) is 1. The summed E-state index contributed by atoms with van der Waals surface area (Å²) in [6, 6.07) is 20.5. The molecule has 7 heteroatoms. The van der Waals surface area contributed by atoms with E-state index in [0.717, 1.165) is 29.8 Å². The van der Waals surface area contributed by atoms with Gasteiger partial charge in [-0.15, -0.1) is 0 Å². The van der Waals surface area contributed by atoms with Gasteiger partial charge < -0.3 is 14.1 Å². The summed E-state index contributed by atoms with van der Waals surface area (Å²) in [5.41, 5.74) is 2.48. The predicted molar refractivity (Wildman–Crippen MR) is 126 cm³/mol. The Hall–Kier alpha value is -3.51. The van der Waals surface area contributed by atoms with Gasteiger partial charge in [0.15, 0.2) is 5.76 Å². The van der Waals surface area contributed by atoms with Gasteiger partial charge in [0.1, 0.15) is 5.75 Å². The maximum Gasteiger partial charge on any atom is 0.289 e. The first-order valence-electron chi connectivity index (χ1n) is 11.0. The number of aryl methyl sites for hydroxylation is 1. The summed E-state index contributed by atoms with van der Waals surface area (Å²) in [7, 11) is 0. The van der Waals surface area contributed by atoms with Crippen LogP contribution in [0, 0.1) is 12.8 Å². The zero-order valence-electron chi connectivity index (χ0n) is 18.3. The average molecular weight is 462 g/mol. The zero-order chi connectivity index (χ0) is 22.8. The van der Waals surface area contributed by atoms with E-state index in [2.05, 4.69) is 0 Å². The Morgan fingerprint density at radius 1 is 1.12 bits per heavy atom. The Bertz CT molecular complexity index is 1250. The number of para-hydroxylation sites is 2. The lowest BCUT2D eigenvalue weighted by Gasteiger charge is -2.22. The Labute approximate surface area is 197 Å². The third kappa shape index (κ3) is 4.66. The smallest absolute Gasteiger partial charge is 0.289 e. The van der Waals surface area contributed by atoms with Crippen molar-refractivity contribution in [3.05, 3.63) is 95.0 Å². The molecule has 4 aromatic rings. The highest BCUT2D eigenvalue weighted by molar-refractivity contribution is 6.32. The molecule has 0 spiro atoms. The van der Waals surface area contributed by atoms with E-state index in [9.17, 15) is 4.79 Å². The first-order chi connectivity index (χ1) is 16.1. The number of carbonyl (C=O) groups is 1. The molecule has 6 nitrogen and oxygen atoms in total. The monoisotopic (exact) mass is 461 g/mol. The predicted octanol–water partition coefficient (Wildman–Crippen LogP) is 6.27. The van der Waals surface area contributed by atoms with Crippen molar-refractivity contribution >= 4 is 17.5 Å². The second kappa shape index (κ2) is 9.16. The number of furan rings is 1. The van der Waals surface area contributed by atoms with Crippen molar-refractivity contribution in [3.63, 3.8) is 0 Å². The number of halogens is 1. The van der Waals surface area contributed by atoms with Crippen LogP contribution in [0.4, 0.5) is 0 Å². The Morgan fingerprint density at radius 3 is 2.58 bits per heavy atom. The van der Waals surface area contributed by atoms with Crippen LogP contribution in [0.5, 0.6) is 11.6 Å². The largest absolute Gasteiger partial charge is 0.459 e. The molecule has 5 rings (SSSR count). The number of carbonyl (C=O) groups excluding carboxylic acids is 1. The van der Waals surface area contributed by atoms with Crippen LogP contribution < -0.4 is 4.74 Å². The maximum atomic E-state index is 13.2. The molecule has 0 radical (unpaired) electrons. The number of amides is 1. The minimum atomic E-state index is -0.137. The van der Waals surface area contributed by atoms with Gasteiger partial charge in [-0.1, -0.05) is 41.9 Å². The number of aromatic nitrogens is 2. The Morgan fingerprint density at radius 2 is 1.88 bits per heavy atom. The molecule has 1 aliphatic carbocycles. The van der Waals surface area contributed by atoms with Crippen LogP contribution in [-0.2, 0) is 6.54 Å². The molecule has 1 fully saturated rings. The average Bonchev–Trinajstić information content (AvgIpc) is 3.37. The molecule has 2 aromatic heterocycles. The van der Waals surface area contributed by atoms with Gasteiger partial charge in [0.25, 0.3) is 5.91 Å². The topological polar surface area (TPSA) is 60.5 Å². The lowest BCUT2D eigenvalue weighted by atomic mass is 10.2. The molecular formula is C26H24ClN3O3. The number of nitrogens with zero attached hydrogens (tertiary/aromatic N) is 3. The van der Waals surface area contributed by atoms with Crippen LogP contribution in [0.15, 0.2) is 77.4 Å². The summed E-state index contributed by atoms with van der Waals surface area (Å²) in [6.07, 6.45) is 3.79. The summed E-state index contributed by atoms with van der Waals surface area (Å²) in [6.45, 7) is 2.95. The Balaban J connectivity index is 1.56. The standard InChI is InChI=1S/C26H24ClN3O3/c1-18-21(17-29(16-19-13-14-19)25(31)24-12-7-15-32-24)26(33-23-11-6-5-10-22(23)27)30(28-18)20-8-3-2-4-9-20/h2-12,15,19H,13-14,16-17H2,1H3. The maximum absolute atomic E-state index is 13.2. The van der Waals surface area contributed by atoms with Crippen LogP contribution in [0.25, 0.3) is 5.69 Å². The van der Waals surface area contributed by atoms with E-state index >= 15 is 0 Å². The van der Waals surface area contributed by atoms with Crippen molar-refractivity contribution in [2.75, 3.05) is 6.54 Å². The molecular weight excluding hydrogens is 438 g/mol. The molecule has 33 heavy (non-hydrogen) atoms. The van der Waals surface area contributed by atoms with Crippen molar-refractivity contribution < 1.29 is 13.9 Å². The van der Waals surface area contributed by atoms with E-state index in [0.29, 0.717) is 41.4 Å². The van der Waals surface area contributed by atoms with Gasteiger partial charge in [-0.3, -0.25) is 4.79 Å². The minimum absolute atomic E-state index is 0.137. The molecule has 0 saturated heterocycles. The highest BCUT2D eigenvalue weighted by Gasteiger charge is 2.31. The highest BCUT2D eigenvalue weighted by atomic mass is 35.5. The van der Waals surface area contributed by atoms with Crippen molar-refractivity contribution in [1.29, 1.82) is 0 Å². The van der Waals surface area contributed by atoms with Gasteiger partial charge in [-0.25, -0.2) is 4.68 Å². The minimum Gasteiger partial charge on any atom is -0.459 e.